The van der Waals surface area contributed by atoms with Crippen LogP contribution in [0.1, 0.15) is 40.0 Å². The molecule has 4 heteroatoms. The zero-order valence-corrected chi connectivity index (χ0v) is 13.2. The molecule has 110 valence electrons. The van der Waals surface area contributed by atoms with E-state index in [1.807, 2.05) is 6.92 Å². The van der Waals surface area contributed by atoms with Crippen molar-refractivity contribution in [2.75, 3.05) is 33.7 Å². The number of hydrogen-bond acceptors (Lipinski definition) is 4. The van der Waals surface area contributed by atoms with Gasteiger partial charge in [-0.2, -0.15) is 5.26 Å². The Labute approximate surface area is 118 Å². The molecule has 0 bridgehead atoms. The van der Waals surface area contributed by atoms with Crippen LogP contribution in [-0.2, 0) is 0 Å². The van der Waals surface area contributed by atoms with Gasteiger partial charge in [-0.05, 0) is 53.8 Å². The van der Waals surface area contributed by atoms with E-state index in [0.29, 0.717) is 12.1 Å². The number of nitrogens with one attached hydrogen (secondary N) is 1. The minimum atomic E-state index is -0.369. The summed E-state index contributed by atoms with van der Waals surface area (Å²) in [6.07, 6.45) is 3.35. The van der Waals surface area contributed by atoms with Gasteiger partial charge >= 0.3 is 0 Å². The van der Waals surface area contributed by atoms with Crippen molar-refractivity contribution in [3.05, 3.63) is 0 Å². The van der Waals surface area contributed by atoms with Gasteiger partial charge in [0.1, 0.15) is 5.54 Å². The van der Waals surface area contributed by atoms with Gasteiger partial charge in [0.25, 0.3) is 0 Å². The molecule has 0 aromatic heterocycles. The van der Waals surface area contributed by atoms with Crippen LogP contribution in [0.25, 0.3) is 0 Å². The van der Waals surface area contributed by atoms with Crippen molar-refractivity contribution in [1.82, 2.24) is 15.1 Å². The molecule has 1 aliphatic carbocycles. The molecule has 2 atom stereocenters. The van der Waals surface area contributed by atoms with E-state index < -0.39 is 0 Å². The van der Waals surface area contributed by atoms with Gasteiger partial charge in [-0.1, -0.05) is 6.92 Å². The lowest BCUT2D eigenvalue weighted by Crippen LogP contribution is -2.47. The molecule has 0 radical (unpaired) electrons. The van der Waals surface area contributed by atoms with Gasteiger partial charge in [-0.15, -0.1) is 0 Å². The van der Waals surface area contributed by atoms with Crippen molar-refractivity contribution in [3.8, 4) is 6.07 Å². The summed E-state index contributed by atoms with van der Waals surface area (Å²) in [6.45, 7) is 9.59. The van der Waals surface area contributed by atoms with E-state index in [4.69, 9.17) is 0 Å². The van der Waals surface area contributed by atoms with E-state index in [1.54, 1.807) is 0 Å². The van der Waals surface area contributed by atoms with Crippen LogP contribution in [0.15, 0.2) is 0 Å². The van der Waals surface area contributed by atoms with Crippen LogP contribution < -0.4 is 5.32 Å². The van der Waals surface area contributed by atoms with Crippen molar-refractivity contribution < 1.29 is 0 Å². The SMILES string of the molecule is CCN(CCC(C)(C#N)NC1CC1)C(C)CN(C)C. The molecular weight excluding hydrogens is 236 g/mol. The van der Waals surface area contributed by atoms with Gasteiger partial charge in [0.05, 0.1) is 6.07 Å². The second kappa shape index (κ2) is 7.23. The summed E-state index contributed by atoms with van der Waals surface area (Å²) in [5.74, 6) is 0. The highest BCUT2D eigenvalue weighted by atomic mass is 15.2. The molecule has 1 aliphatic rings. The van der Waals surface area contributed by atoms with Crippen molar-refractivity contribution in [3.63, 3.8) is 0 Å². The smallest absolute Gasteiger partial charge is 0.105 e. The maximum atomic E-state index is 9.39. The average Bonchev–Trinajstić information content (AvgIpc) is 3.12. The minimum Gasteiger partial charge on any atom is -0.308 e. The van der Waals surface area contributed by atoms with E-state index in [1.165, 1.54) is 12.8 Å². The lowest BCUT2D eigenvalue weighted by molar-refractivity contribution is 0.168. The maximum Gasteiger partial charge on any atom is 0.105 e. The maximum absolute atomic E-state index is 9.39. The van der Waals surface area contributed by atoms with Crippen LogP contribution in [0, 0.1) is 11.3 Å². The van der Waals surface area contributed by atoms with Gasteiger partial charge in [0, 0.05) is 25.2 Å². The number of rotatable bonds is 9. The van der Waals surface area contributed by atoms with Crippen LogP contribution in [0.2, 0.25) is 0 Å². The Morgan fingerprint density at radius 2 is 2.05 bits per heavy atom. The monoisotopic (exact) mass is 266 g/mol. The first kappa shape index (κ1) is 16.4. The molecule has 19 heavy (non-hydrogen) atoms. The average molecular weight is 266 g/mol. The van der Waals surface area contributed by atoms with E-state index in [-0.39, 0.29) is 5.54 Å². The summed E-state index contributed by atoms with van der Waals surface area (Å²) in [4.78, 5) is 4.68. The molecule has 0 amide bonds. The zero-order chi connectivity index (χ0) is 14.5. The zero-order valence-electron chi connectivity index (χ0n) is 13.2. The Hall–Kier alpha value is -0.630. The second-order valence-corrected chi connectivity index (χ2v) is 6.35. The van der Waals surface area contributed by atoms with Crippen LogP contribution in [0.5, 0.6) is 0 Å². The molecule has 0 spiro atoms. The van der Waals surface area contributed by atoms with E-state index in [9.17, 15) is 5.26 Å². The Balaban J connectivity index is 2.43. The van der Waals surface area contributed by atoms with E-state index in [0.717, 1.165) is 26.1 Å². The Bertz CT molecular complexity index is 306. The quantitative estimate of drug-likeness (QED) is 0.689. The third kappa shape index (κ3) is 5.90. The third-order valence-corrected chi connectivity index (χ3v) is 3.90. The lowest BCUT2D eigenvalue weighted by Gasteiger charge is -2.33. The fraction of sp³-hybridized carbons (Fsp3) is 0.933. The van der Waals surface area contributed by atoms with Crippen LogP contribution in [0.3, 0.4) is 0 Å². The first-order valence-corrected chi connectivity index (χ1v) is 7.48. The van der Waals surface area contributed by atoms with Crippen molar-refractivity contribution in [2.45, 2.75) is 57.7 Å². The summed E-state index contributed by atoms with van der Waals surface area (Å²) in [5.41, 5.74) is -0.369. The molecule has 4 nitrogen and oxygen atoms in total. The third-order valence-electron chi connectivity index (χ3n) is 3.90. The fourth-order valence-electron chi connectivity index (χ4n) is 2.54. The lowest BCUT2D eigenvalue weighted by atomic mass is 9.99. The van der Waals surface area contributed by atoms with Gasteiger partial charge in [-0.3, -0.25) is 10.2 Å². The van der Waals surface area contributed by atoms with Crippen molar-refractivity contribution in [1.29, 1.82) is 5.26 Å². The molecule has 2 unspecified atom stereocenters. The molecule has 0 aromatic rings. The number of nitriles is 1. The van der Waals surface area contributed by atoms with Gasteiger partial charge in [-0.25, -0.2) is 0 Å². The minimum absolute atomic E-state index is 0.369. The number of hydrogen-bond donors (Lipinski definition) is 1. The molecule has 1 rings (SSSR count). The highest BCUT2D eigenvalue weighted by Crippen LogP contribution is 2.24. The first-order chi connectivity index (χ1) is 8.90. The predicted octanol–water partition coefficient (Wildman–Crippen LogP) is 1.68. The van der Waals surface area contributed by atoms with Gasteiger partial charge in [0.2, 0.25) is 0 Å². The standard InChI is InChI=1S/C15H30N4/c1-6-19(13(2)11-18(4)5)10-9-15(3,12-16)17-14-7-8-14/h13-14,17H,6-11H2,1-5H3. The van der Waals surface area contributed by atoms with Crippen molar-refractivity contribution in [2.24, 2.45) is 0 Å². The fourth-order valence-corrected chi connectivity index (χ4v) is 2.54. The molecule has 0 aliphatic heterocycles. The topological polar surface area (TPSA) is 42.3 Å². The van der Waals surface area contributed by atoms with Gasteiger partial charge < -0.3 is 4.90 Å². The second-order valence-electron chi connectivity index (χ2n) is 6.35. The summed E-state index contributed by atoms with van der Waals surface area (Å²) in [7, 11) is 4.22. The normalized spacial score (nSPS) is 20.3. The molecule has 1 saturated carbocycles. The molecule has 0 saturated heterocycles. The van der Waals surface area contributed by atoms with E-state index >= 15 is 0 Å². The Kier molecular flexibility index (Phi) is 6.25. The molecule has 0 aromatic carbocycles. The first-order valence-electron chi connectivity index (χ1n) is 7.48. The summed E-state index contributed by atoms with van der Waals surface area (Å²) < 4.78 is 0. The Morgan fingerprint density at radius 1 is 1.42 bits per heavy atom. The van der Waals surface area contributed by atoms with E-state index in [2.05, 4.69) is 49.1 Å². The van der Waals surface area contributed by atoms with Crippen LogP contribution in [-0.4, -0.2) is 61.2 Å². The predicted molar refractivity (Wildman–Crippen MR) is 80.1 cm³/mol. The van der Waals surface area contributed by atoms with Crippen LogP contribution >= 0.6 is 0 Å². The molecule has 1 fully saturated rings. The summed E-state index contributed by atoms with van der Waals surface area (Å²) >= 11 is 0. The largest absolute Gasteiger partial charge is 0.308 e. The highest BCUT2D eigenvalue weighted by Gasteiger charge is 2.32. The number of nitrogens with zero attached hydrogens (tertiary/aromatic N) is 3. The summed E-state index contributed by atoms with van der Waals surface area (Å²) in [6, 6.07) is 3.57. The summed E-state index contributed by atoms with van der Waals surface area (Å²) in [5, 5.41) is 12.9. The molecular formula is C15H30N4. The highest BCUT2D eigenvalue weighted by molar-refractivity contribution is 5.07. The van der Waals surface area contributed by atoms with Crippen molar-refractivity contribution >= 4 is 0 Å². The number of likely N-dealkylation sites (N-methyl/N-ethyl adjacent to an activating group) is 2. The molecule has 1 N–H and O–H groups in total. The Morgan fingerprint density at radius 3 is 2.47 bits per heavy atom. The van der Waals surface area contributed by atoms with Crippen LogP contribution in [0.4, 0.5) is 0 Å². The molecule has 0 heterocycles. The van der Waals surface area contributed by atoms with Gasteiger partial charge in [0.15, 0.2) is 0 Å².